The van der Waals surface area contributed by atoms with E-state index < -0.39 is 6.09 Å². The maximum absolute atomic E-state index is 10.5. The molecule has 3 N–H and O–H groups in total. The summed E-state index contributed by atoms with van der Waals surface area (Å²) in [4.78, 5) is 10.5. The highest BCUT2D eigenvalue weighted by Gasteiger charge is 2.19. The number of carboxylic acid groups (broad SMARTS) is 1. The van der Waals surface area contributed by atoms with Crippen molar-refractivity contribution in [3.8, 4) is 11.4 Å². The number of anilines is 1. The number of hydrogen-bond donors (Lipinski definition) is 2. The number of methoxy groups -OCH3 is 1. The molecule has 1 aromatic heterocycles. The van der Waals surface area contributed by atoms with Crippen LogP contribution in [-0.4, -0.2) is 23.0 Å². The Balaban J connectivity index is 2.37. The highest BCUT2D eigenvalue weighted by Crippen LogP contribution is 2.27. The molecule has 0 aliphatic rings. The Kier molecular flexibility index (Phi) is 4.49. The van der Waals surface area contributed by atoms with Crippen LogP contribution in [0.1, 0.15) is 32.0 Å². The molecule has 2 rings (SSSR count). The molecular formula is C16H21N4O3-. The molecule has 0 spiro atoms. The second-order valence-electron chi connectivity index (χ2n) is 6.25. The van der Waals surface area contributed by atoms with Crippen molar-refractivity contribution >= 4 is 11.9 Å². The molecule has 2 aromatic rings. The van der Waals surface area contributed by atoms with Gasteiger partial charge in [-0.2, -0.15) is 5.10 Å². The van der Waals surface area contributed by atoms with Crippen LogP contribution in [0.15, 0.2) is 24.3 Å². The van der Waals surface area contributed by atoms with E-state index in [0.29, 0.717) is 17.1 Å². The van der Waals surface area contributed by atoms with Crippen LogP contribution in [0.4, 0.5) is 10.6 Å². The van der Waals surface area contributed by atoms with E-state index in [1.807, 2.05) is 12.1 Å². The van der Waals surface area contributed by atoms with Crippen molar-refractivity contribution in [2.75, 3.05) is 12.8 Å². The average molecular weight is 317 g/mol. The number of carbonyl (C=O) groups excluding carboxylic acids is 1. The Labute approximate surface area is 135 Å². The third-order valence-corrected chi connectivity index (χ3v) is 3.44. The number of nitrogens with one attached hydrogen (secondary N) is 1. The lowest BCUT2D eigenvalue weighted by Gasteiger charge is -2.15. The first-order valence-corrected chi connectivity index (χ1v) is 7.20. The van der Waals surface area contributed by atoms with E-state index in [1.165, 1.54) is 7.11 Å². The van der Waals surface area contributed by atoms with Crippen LogP contribution in [0.3, 0.4) is 0 Å². The van der Waals surface area contributed by atoms with Crippen molar-refractivity contribution in [2.45, 2.75) is 32.7 Å². The molecule has 0 bridgehead atoms. The summed E-state index contributed by atoms with van der Waals surface area (Å²) >= 11 is 0. The molecular weight excluding hydrogens is 296 g/mol. The third kappa shape index (κ3) is 3.74. The second kappa shape index (κ2) is 6.20. The molecule has 0 unspecified atom stereocenters. The first-order valence-electron chi connectivity index (χ1n) is 7.20. The van der Waals surface area contributed by atoms with E-state index in [-0.39, 0.29) is 12.0 Å². The summed E-state index contributed by atoms with van der Waals surface area (Å²) in [5.41, 5.74) is 8.28. The van der Waals surface area contributed by atoms with Crippen molar-refractivity contribution in [3.05, 3.63) is 35.5 Å². The smallest absolute Gasteiger partial charge is 0.134 e. The summed E-state index contributed by atoms with van der Waals surface area (Å²) < 4.78 is 6.96. The van der Waals surface area contributed by atoms with Crippen LogP contribution in [-0.2, 0) is 12.0 Å². The maximum atomic E-state index is 10.5. The standard InChI is InChI=1S/C16H22N4O3/c1-16(2,3)13-8-14(17)20(19-13)11-6-5-10(9-18-15(21)22)12(7-11)23-4/h5-8,18H,9,17H2,1-4H3,(H,21,22)/p-1. The highest BCUT2D eigenvalue weighted by atomic mass is 16.5. The second-order valence-corrected chi connectivity index (χ2v) is 6.25. The Morgan fingerprint density at radius 1 is 1.39 bits per heavy atom. The molecule has 0 fully saturated rings. The average Bonchev–Trinajstić information content (AvgIpc) is 2.87. The fraction of sp³-hybridized carbons (Fsp3) is 0.375. The van der Waals surface area contributed by atoms with Crippen LogP contribution >= 0.6 is 0 Å². The summed E-state index contributed by atoms with van der Waals surface area (Å²) in [6.45, 7) is 6.30. The quantitative estimate of drug-likeness (QED) is 0.881. The zero-order valence-corrected chi connectivity index (χ0v) is 13.7. The number of nitrogens with two attached hydrogens (primary N) is 1. The van der Waals surface area contributed by atoms with Gasteiger partial charge in [0.15, 0.2) is 0 Å². The molecule has 23 heavy (non-hydrogen) atoms. The predicted octanol–water partition coefficient (Wildman–Crippen LogP) is 1.19. The van der Waals surface area contributed by atoms with Gasteiger partial charge in [0, 0.05) is 29.7 Å². The lowest BCUT2D eigenvalue weighted by atomic mass is 9.92. The zero-order chi connectivity index (χ0) is 17.2. The summed E-state index contributed by atoms with van der Waals surface area (Å²) in [6.07, 6.45) is -1.33. The van der Waals surface area contributed by atoms with Gasteiger partial charge < -0.3 is 25.7 Å². The number of ether oxygens (including phenoxy) is 1. The minimum Gasteiger partial charge on any atom is -0.530 e. The van der Waals surface area contributed by atoms with Crippen molar-refractivity contribution in [3.63, 3.8) is 0 Å². The van der Waals surface area contributed by atoms with Gasteiger partial charge in [0.1, 0.15) is 17.7 Å². The lowest BCUT2D eigenvalue weighted by Crippen LogP contribution is -2.35. The first-order chi connectivity index (χ1) is 10.7. The van der Waals surface area contributed by atoms with Gasteiger partial charge >= 0.3 is 0 Å². The Bertz CT molecular complexity index is 717. The third-order valence-electron chi connectivity index (χ3n) is 3.44. The van der Waals surface area contributed by atoms with E-state index >= 15 is 0 Å². The number of amides is 1. The van der Waals surface area contributed by atoms with Gasteiger partial charge in [0.2, 0.25) is 0 Å². The summed E-state index contributed by atoms with van der Waals surface area (Å²) in [5.74, 6) is 1.07. The molecule has 0 radical (unpaired) electrons. The molecule has 0 aliphatic heterocycles. The minimum atomic E-state index is -1.33. The fourth-order valence-corrected chi connectivity index (χ4v) is 2.15. The number of carbonyl (C=O) groups is 1. The van der Waals surface area contributed by atoms with E-state index in [4.69, 9.17) is 10.5 Å². The van der Waals surface area contributed by atoms with Crippen molar-refractivity contribution in [2.24, 2.45) is 0 Å². The van der Waals surface area contributed by atoms with Gasteiger partial charge in [0.05, 0.1) is 18.5 Å². The van der Waals surface area contributed by atoms with E-state index in [9.17, 15) is 9.90 Å². The normalized spacial score (nSPS) is 11.3. The van der Waals surface area contributed by atoms with Crippen molar-refractivity contribution < 1.29 is 14.6 Å². The number of nitrogens with zero attached hydrogens (tertiary/aromatic N) is 2. The van der Waals surface area contributed by atoms with Crippen LogP contribution in [0.5, 0.6) is 5.75 Å². The van der Waals surface area contributed by atoms with E-state index in [2.05, 4.69) is 31.2 Å². The van der Waals surface area contributed by atoms with Crippen LogP contribution < -0.4 is 20.9 Å². The maximum Gasteiger partial charge on any atom is 0.134 e. The molecule has 0 aliphatic carbocycles. The summed E-state index contributed by atoms with van der Waals surface area (Å²) in [5, 5.41) is 17.3. The van der Waals surface area contributed by atoms with Crippen molar-refractivity contribution in [1.82, 2.24) is 15.1 Å². The number of nitrogen functional groups attached to an aromatic ring is 1. The Morgan fingerprint density at radius 2 is 2.09 bits per heavy atom. The highest BCUT2D eigenvalue weighted by molar-refractivity contribution is 5.62. The lowest BCUT2D eigenvalue weighted by molar-refractivity contribution is -0.251. The predicted molar refractivity (Wildman–Crippen MR) is 85.5 cm³/mol. The van der Waals surface area contributed by atoms with Crippen LogP contribution in [0.25, 0.3) is 5.69 Å². The van der Waals surface area contributed by atoms with Gasteiger partial charge in [0.25, 0.3) is 0 Å². The van der Waals surface area contributed by atoms with Crippen molar-refractivity contribution in [1.29, 1.82) is 0 Å². The van der Waals surface area contributed by atoms with E-state index in [0.717, 1.165) is 11.4 Å². The van der Waals surface area contributed by atoms with Crippen LogP contribution in [0.2, 0.25) is 0 Å². The number of benzene rings is 1. The number of rotatable bonds is 4. The first kappa shape index (κ1) is 16.7. The fourth-order valence-electron chi connectivity index (χ4n) is 2.15. The Hall–Kier alpha value is -2.70. The number of hydrogen-bond acceptors (Lipinski definition) is 5. The van der Waals surface area contributed by atoms with Gasteiger partial charge in [-0.05, 0) is 6.07 Å². The zero-order valence-electron chi connectivity index (χ0n) is 13.7. The molecule has 7 nitrogen and oxygen atoms in total. The molecule has 1 aromatic carbocycles. The van der Waals surface area contributed by atoms with Gasteiger partial charge in [-0.3, -0.25) is 0 Å². The van der Waals surface area contributed by atoms with Gasteiger partial charge in [-0.1, -0.05) is 26.8 Å². The van der Waals surface area contributed by atoms with Crippen LogP contribution in [0, 0.1) is 0 Å². The number of aromatic nitrogens is 2. The topological polar surface area (TPSA) is 105 Å². The molecule has 7 heteroatoms. The molecule has 1 amide bonds. The molecule has 0 saturated carbocycles. The molecule has 0 atom stereocenters. The molecule has 1 heterocycles. The van der Waals surface area contributed by atoms with Gasteiger partial charge in [-0.25, -0.2) is 4.68 Å². The monoisotopic (exact) mass is 317 g/mol. The summed E-state index contributed by atoms with van der Waals surface area (Å²) in [7, 11) is 1.52. The SMILES string of the molecule is COc1cc(-n2nc(C(C)(C)C)cc2N)ccc1CNC(=O)[O-]. The Morgan fingerprint density at radius 3 is 2.61 bits per heavy atom. The molecule has 124 valence electrons. The van der Waals surface area contributed by atoms with Gasteiger partial charge in [-0.15, -0.1) is 0 Å². The molecule has 0 saturated heterocycles. The summed E-state index contributed by atoms with van der Waals surface area (Å²) in [6, 6.07) is 7.19. The van der Waals surface area contributed by atoms with E-state index in [1.54, 1.807) is 16.8 Å². The largest absolute Gasteiger partial charge is 0.530 e. The minimum absolute atomic E-state index is 0.105.